The molecule has 0 heterocycles. The van der Waals surface area contributed by atoms with E-state index in [9.17, 15) is 4.79 Å². The third-order valence-corrected chi connectivity index (χ3v) is 3.07. The summed E-state index contributed by atoms with van der Waals surface area (Å²) in [5.74, 6) is 0.702. The fourth-order valence-electron chi connectivity index (χ4n) is 1.52. The summed E-state index contributed by atoms with van der Waals surface area (Å²) >= 11 is 0. The van der Waals surface area contributed by atoms with E-state index in [1.54, 1.807) is 7.11 Å². The van der Waals surface area contributed by atoms with Gasteiger partial charge in [0.05, 0.1) is 7.11 Å². The highest BCUT2D eigenvalue weighted by molar-refractivity contribution is 5.78. The van der Waals surface area contributed by atoms with Gasteiger partial charge in [-0.3, -0.25) is 4.79 Å². The van der Waals surface area contributed by atoms with Crippen molar-refractivity contribution in [3.63, 3.8) is 0 Å². The molecule has 0 saturated carbocycles. The highest BCUT2D eigenvalue weighted by atomic mass is 16.5. The summed E-state index contributed by atoms with van der Waals surface area (Å²) in [6.07, 6.45) is 0.807. The number of benzene rings is 1. The molecule has 0 radical (unpaired) electrons. The van der Waals surface area contributed by atoms with Crippen LogP contribution in [0.2, 0.25) is 0 Å². The first kappa shape index (κ1) is 14.5. The highest BCUT2D eigenvalue weighted by Crippen LogP contribution is 2.11. The van der Waals surface area contributed by atoms with Crippen molar-refractivity contribution in [3.05, 3.63) is 29.8 Å². The monoisotopic (exact) mass is 250 g/mol. The van der Waals surface area contributed by atoms with Crippen molar-refractivity contribution < 1.29 is 9.53 Å². The van der Waals surface area contributed by atoms with Gasteiger partial charge < -0.3 is 15.8 Å². The third-order valence-electron chi connectivity index (χ3n) is 3.07. The second-order valence-corrected chi connectivity index (χ2v) is 4.54. The minimum absolute atomic E-state index is 0.0125. The van der Waals surface area contributed by atoms with E-state index in [1.807, 2.05) is 38.1 Å². The Hall–Kier alpha value is -1.55. The molecule has 1 aromatic carbocycles. The first-order valence-electron chi connectivity index (χ1n) is 6.21. The van der Waals surface area contributed by atoms with Crippen LogP contribution in [0.5, 0.6) is 5.75 Å². The molecule has 0 bridgehead atoms. The zero-order valence-electron chi connectivity index (χ0n) is 11.3. The number of methoxy groups -OCH3 is 1. The molecule has 1 rings (SSSR count). The van der Waals surface area contributed by atoms with Crippen LogP contribution in [0.3, 0.4) is 0 Å². The van der Waals surface area contributed by atoms with Gasteiger partial charge in [0.2, 0.25) is 5.91 Å². The number of ether oxygens (including phenoxy) is 1. The standard InChI is InChI=1S/C14H22N2O2/c1-10(11(2)15)14(17)16-9-8-12-4-6-13(18-3)7-5-12/h4-7,10-11H,8-9,15H2,1-3H3,(H,16,17). The Bertz CT molecular complexity index is 374. The summed E-state index contributed by atoms with van der Waals surface area (Å²) in [7, 11) is 1.64. The van der Waals surface area contributed by atoms with Crippen molar-refractivity contribution >= 4 is 5.91 Å². The second kappa shape index (κ2) is 7.01. The molecule has 1 amide bonds. The maximum absolute atomic E-state index is 11.7. The summed E-state index contributed by atoms with van der Waals surface area (Å²) in [4.78, 5) is 11.7. The number of carbonyl (C=O) groups excluding carboxylic acids is 1. The number of hydrogen-bond donors (Lipinski definition) is 2. The van der Waals surface area contributed by atoms with Gasteiger partial charge in [-0.2, -0.15) is 0 Å². The number of rotatable bonds is 6. The van der Waals surface area contributed by atoms with Gasteiger partial charge in [-0.05, 0) is 31.0 Å². The summed E-state index contributed by atoms with van der Waals surface area (Å²) in [6.45, 7) is 4.31. The number of carbonyl (C=O) groups is 1. The lowest BCUT2D eigenvalue weighted by Crippen LogP contribution is -2.39. The van der Waals surface area contributed by atoms with Crippen LogP contribution in [0.1, 0.15) is 19.4 Å². The van der Waals surface area contributed by atoms with Crippen molar-refractivity contribution in [1.82, 2.24) is 5.32 Å². The fraction of sp³-hybridized carbons (Fsp3) is 0.500. The molecule has 0 spiro atoms. The lowest BCUT2D eigenvalue weighted by atomic mass is 10.0. The Balaban J connectivity index is 2.35. The van der Waals surface area contributed by atoms with Gasteiger partial charge in [0.1, 0.15) is 5.75 Å². The van der Waals surface area contributed by atoms with E-state index >= 15 is 0 Å². The maximum atomic E-state index is 11.7. The molecule has 0 aromatic heterocycles. The molecular formula is C14H22N2O2. The molecule has 4 heteroatoms. The second-order valence-electron chi connectivity index (χ2n) is 4.54. The van der Waals surface area contributed by atoms with Crippen molar-refractivity contribution in [1.29, 1.82) is 0 Å². The lowest BCUT2D eigenvalue weighted by molar-refractivity contribution is -0.124. The van der Waals surface area contributed by atoms with E-state index in [4.69, 9.17) is 10.5 Å². The van der Waals surface area contributed by atoms with Crippen molar-refractivity contribution in [2.24, 2.45) is 11.7 Å². The highest BCUT2D eigenvalue weighted by Gasteiger charge is 2.15. The molecule has 0 saturated heterocycles. The quantitative estimate of drug-likeness (QED) is 0.800. The average Bonchev–Trinajstić information content (AvgIpc) is 2.38. The normalized spacial score (nSPS) is 13.8. The van der Waals surface area contributed by atoms with Gasteiger partial charge in [0.25, 0.3) is 0 Å². The first-order chi connectivity index (χ1) is 8.54. The molecular weight excluding hydrogens is 228 g/mol. The summed E-state index contributed by atoms with van der Waals surface area (Å²) in [5.41, 5.74) is 6.85. The minimum Gasteiger partial charge on any atom is -0.497 e. The summed E-state index contributed by atoms with van der Waals surface area (Å²) < 4.78 is 5.09. The van der Waals surface area contributed by atoms with Crippen LogP contribution in [-0.2, 0) is 11.2 Å². The molecule has 2 atom stereocenters. The molecule has 2 unspecified atom stereocenters. The van der Waals surface area contributed by atoms with Crippen LogP contribution in [0.25, 0.3) is 0 Å². The molecule has 0 fully saturated rings. The number of amides is 1. The molecule has 3 N–H and O–H groups in total. The first-order valence-corrected chi connectivity index (χ1v) is 6.21. The topological polar surface area (TPSA) is 64.3 Å². The molecule has 4 nitrogen and oxygen atoms in total. The number of nitrogens with one attached hydrogen (secondary N) is 1. The van der Waals surface area contributed by atoms with Gasteiger partial charge in [-0.1, -0.05) is 19.1 Å². The smallest absolute Gasteiger partial charge is 0.224 e. The van der Waals surface area contributed by atoms with E-state index in [2.05, 4.69) is 5.32 Å². The van der Waals surface area contributed by atoms with Crippen LogP contribution in [-0.4, -0.2) is 25.6 Å². The molecule has 18 heavy (non-hydrogen) atoms. The van der Waals surface area contributed by atoms with E-state index in [0.29, 0.717) is 6.54 Å². The molecule has 100 valence electrons. The van der Waals surface area contributed by atoms with Crippen LogP contribution >= 0.6 is 0 Å². The van der Waals surface area contributed by atoms with Gasteiger partial charge in [0.15, 0.2) is 0 Å². The Morgan fingerprint density at radius 3 is 2.44 bits per heavy atom. The zero-order chi connectivity index (χ0) is 13.5. The Kier molecular flexibility index (Phi) is 5.65. The van der Waals surface area contributed by atoms with E-state index in [-0.39, 0.29) is 17.9 Å². The van der Waals surface area contributed by atoms with E-state index in [1.165, 1.54) is 5.56 Å². The van der Waals surface area contributed by atoms with Gasteiger partial charge in [-0.25, -0.2) is 0 Å². The predicted molar refractivity (Wildman–Crippen MR) is 72.5 cm³/mol. The van der Waals surface area contributed by atoms with E-state index < -0.39 is 0 Å². The predicted octanol–water partition coefficient (Wildman–Crippen LogP) is 1.34. The number of hydrogen-bond acceptors (Lipinski definition) is 3. The van der Waals surface area contributed by atoms with Crippen LogP contribution in [0.15, 0.2) is 24.3 Å². The summed E-state index contributed by atoms with van der Waals surface area (Å²) in [6, 6.07) is 7.72. The zero-order valence-corrected chi connectivity index (χ0v) is 11.3. The third kappa shape index (κ3) is 4.37. The molecule has 0 aliphatic carbocycles. The maximum Gasteiger partial charge on any atom is 0.224 e. The van der Waals surface area contributed by atoms with Gasteiger partial charge in [0, 0.05) is 18.5 Å². The lowest BCUT2D eigenvalue weighted by Gasteiger charge is -2.15. The number of nitrogens with two attached hydrogens (primary N) is 1. The van der Waals surface area contributed by atoms with Crippen molar-refractivity contribution in [2.45, 2.75) is 26.3 Å². The molecule has 1 aromatic rings. The van der Waals surface area contributed by atoms with E-state index in [0.717, 1.165) is 12.2 Å². The molecule has 0 aliphatic heterocycles. The molecule has 0 aliphatic rings. The van der Waals surface area contributed by atoms with Gasteiger partial charge >= 0.3 is 0 Å². The van der Waals surface area contributed by atoms with Crippen molar-refractivity contribution in [3.8, 4) is 5.75 Å². The summed E-state index contributed by atoms with van der Waals surface area (Å²) in [5, 5.41) is 2.89. The van der Waals surface area contributed by atoms with Crippen LogP contribution < -0.4 is 15.8 Å². The fourth-order valence-corrected chi connectivity index (χ4v) is 1.52. The van der Waals surface area contributed by atoms with Crippen LogP contribution in [0.4, 0.5) is 0 Å². The van der Waals surface area contributed by atoms with Crippen LogP contribution in [0, 0.1) is 5.92 Å². The Labute approximate surface area is 109 Å². The Morgan fingerprint density at radius 2 is 1.94 bits per heavy atom. The SMILES string of the molecule is COc1ccc(CCNC(=O)C(C)C(C)N)cc1. The minimum atomic E-state index is -0.152. The average molecular weight is 250 g/mol. The van der Waals surface area contributed by atoms with Gasteiger partial charge in [-0.15, -0.1) is 0 Å². The largest absolute Gasteiger partial charge is 0.497 e. The Morgan fingerprint density at radius 1 is 1.33 bits per heavy atom. The van der Waals surface area contributed by atoms with Crippen molar-refractivity contribution in [2.75, 3.05) is 13.7 Å².